The minimum atomic E-state index is -3.88. The monoisotopic (exact) mass is 416 g/mol. The van der Waals surface area contributed by atoms with Gasteiger partial charge in [-0.05, 0) is 62.4 Å². The molecule has 0 spiro atoms. The molecule has 1 N–H and O–H groups in total. The molecule has 158 valence electrons. The fourth-order valence-electron chi connectivity index (χ4n) is 3.74. The van der Waals surface area contributed by atoms with Crippen molar-refractivity contribution in [2.24, 2.45) is 5.41 Å². The van der Waals surface area contributed by atoms with E-state index >= 15 is 0 Å². The Balaban J connectivity index is 2.36. The molecule has 0 aliphatic carbocycles. The van der Waals surface area contributed by atoms with Gasteiger partial charge in [0, 0.05) is 5.54 Å². The van der Waals surface area contributed by atoms with E-state index in [9.17, 15) is 13.2 Å². The smallest absolute Gasteiger partial charge is 0.264 e. The van der Waals surface area contributed by atoms with Crippen molar-refractivity contribution in [3.8, 4) is 0 Å². The highest BCUT2D eigenvalue weighted by molar-refractivity contribution is 7.92. The zero-order valence-electron chi connectivity index (χ0n) is 18.2. The molecule has 0 aromatic heterocycles. The van der Waals surface area contributed by atoms with Crippen LogP contribution in [0.1, 0.15) is 46.6 Å². The molecule has 0 heterocycles. The van der Waals surface area contributed by atoms with E-state index in [-0.39, 0.29) is 22.8 Å². The number of nitrogens with one attached hydrogen (secondary N) is 1. The van der Waals surface area contributed by atoms with E-state index in [4.69, 9.17) is 0 Å². The number of aryl methyl sites for hydroxylation is 1. The summed E-state index contributed by atoms with van der Waals surface area (Å²) in [7, 11) is -3.88. The summed E-state index contributed by atoms with van der Waals surface area (Å²) < 4.78 is 27.8. The van der Waals surface area contributed by atoms with Crippen LogP contribution >= 0.6 is 0 Å². The van der Waals surface area contributed by atoms with Crippen LogP contribution in [0, 0.1) is 12.3 Å². The van der Waals surface area contributed by atoms with Crippen LogP contribution in [-0.4, -0.2) is 26.4 Å². The predicted octanol–water partition coefficient (Wildman–Crippen LogP) is 4.52. The number of hydrogen-bond acceptors (Lipinski definition) is 3. The molecule has 0 saturated carbocycles. The Morgan fingerprint density at radius 2 is 1.59 bits per heavy atom. The van der Waals surface area contributed by atoms with E-state index in [1.165, 1.54) is 4.31 Å². The van der Waals surface area contributed by atoms with Gasteiger partial charge in [-0.3, -0.25) is 9.10 Å². The topological polar surface area (TPSA) is 66.5 Å². The lowest BCUT2D eigenvalue weighted by Gasteiger charge is -2.34. The number of sulfonamides is 1. The lowest BCUT2D eigenvalue weighted by Crippen LogP contribution is -2.50. The number of carbonyl (C=O) groups is 1. The van der Waals surface area contributed by atoms with Crippen molar-refractivity contribution in [2.75, 3.05) is 10.8 Å². The fourth-order valence-corrected chi connectivity index (χ4v) is 5.17. The van der Waals surface area contributed by atoms with Gasteiger partial charge in [-0.15, -0.1) is 0 Å². The molecular formula is C23H32N2O3S. The molecule has 0 radical (unpaired) electrons. The van der Waals surface area contributed by atoms with Crippen LogP contribution in [-0.2, 0) is 14.8 Å². The lowest BCUT2D eigenvalue weighted by molar-refractivity contribution is -0.121. The number of anilines is 1. The Morgan fingerprint density at radius 3 is 2.14 bits per heavy atom. The van der Waals surface area contributed by atoms with Gasteiger partial charge in [0.15, 0.2) is 0 Å². The second kappa shape index (κ2) is 8.57. The van der Waals surface area contributed by atoms with Crippen LogP contribution in [0.5, 0.6) is 0 Å². The molecule has 5 nitrogen and oxygen atoms in total. The molecule has 0 unspecified atom stereocenters. The third kappa shape index (κ3) is 6.60. The van der Waals surface area contributed by atoms with Gasteiger partial charge in [-0.1, -0.05) is 51.1 Å². The number of carbonyl (C=O) groups excluding carboxylic acids is 1. The Morgan fingerprint density at radius 1 is 0.966 bits per heavy atom. The normalized spacial score (nSPS) is 12.5. The molecular weight excluding hydrogens is 384 g/mol. The molecule has 29 heavy (non-hydrogen) atoms. The van der Waals surface area contributed by atoms with Gasteiger partial charge in [0.1, 0.15) is 6.54 Å². The molecule has 2 aromatic rings. The number of rotatable bonds is 7. The molecule has 0 saturated heterocycles. The number of amides is 1. The molecule has 0 bridgehead atoms. The summed E-state index contributed by atoms with van der Waals surface area (Å²) >= 11 is 0. The Kier molecular flexibility index (Phi) is 6.78. The standard InChI is InChI=1S/C23H32N2O3S/c1-18-11-10-12-19(15-18)25(29(27,28)20-13-8-7-9-14-20)16-21(26)24-23(5,6)17-22(2,3)4/h7-15H,16-17H2,1-6H3,(H,24,26). The first-order chi connectivity index (χ1) is 13.3. The van der Waals surface area contributed by atoms with Crippen molar-refractivity contribution in [1.82, 2.24) is 5.32 Å². The Hall–Kier alpha value is -2.34. The van der Waals surface area contributed by atoms with E-state index < -0.39 is 15.6 Å². The number of hydrogen-bond donors (Lipinski definition) is 1. The Labute approximate surface area is 175 Å². The van der Waals surface area contributed by atoms with Crippen molar-refractivity contribution < 1.29 is 13.2 Å². The highest BCUT2D eigenvalue weighted by Crippen LogP contribution is 2.28. The molecule has 1 amide bonds. The summed E-state index contributed by atoms with van der Waals surface area (Å²) in [6.07, 6.45) is 0.765. The van der Waals surface area contributed by atoms with Gasteiger partial charge in [0.05, 0.1) is 10.6 Å². The van der Waals surface area contributed by atoms with Crippen molar-refractivity contribution in [3.05, 3.63) is 60.2 Å². The zero-order valence-corrected chi connectivity index (χ0v) is 19.0. The summed E-state index contributed by atoms with van der Waals surface area (Å²) in [5, 5.41) is 3.01. The minimum Gasteiger partial charge on any atom is -0.350 e. The molecule has 0 aliphatic heterocycles. The van der Waals surface area contributed by atoms with E-state index in [1.807, 2.05) is 26.8 Å². The molecule has 0 fully saturated rings. The Bertz CT molecular complexity index is 946. The number of nitrogens with zero attached hydrogens (tertiary/aromatic N) is 1. The SMILES string of the molecule is Cc1cccc(N(CC(=O)NC(C)(C)CC(C)(C)C)S(=O)(=O)c2ccccc2)c1. The van der Waals surface area contributed by atoms with Crippen LogP contribution in [0.2, 0.25) is 0 Å². The molecule has 6 heteroatoms. The van der Waals surface area contributed by atoms with E-state index in [0.29, 0.717) is 5.69 Å². The molecule has 2 aromatic carbocycles. The van der Waals surface area contributed by atoms with Crippen LogP contribution in [0.3, 0.4) is 0 Å². The lowest BCUT2D eigenvalue weighted by atomic mass is 9.82. The van der Waals surface area contributed by atoms with Crippen molar-refractivity contribution >= 4 is 21.6 Å². The summed E-state index contributed by atoms with van der Waals surface area (Å²) in [6.45, 7) is 11.9. The average Bonchev–Trinajstić information content (AvgIpc) is 2.57. The van der Waals surface area contributed by atoms with Gasteiger partial charge in [0.25, 0.3) is 10.0 Å². The predicted molar refractivity (Wildman–Crippen MR) is 118 cm³/mol. The third-order valence-electron chi connectivity index (χ3n) is 4.36. The largest absolute Gasteiger partial charge is 0.350 e. The van der Waals surface area contributed by atoms with Crippen molar-refractivity contribution in [3.63, 3.8) is 0 Å². The maximum Gasteiger partial charge on any atom is 0.264 e. The van der Waals surface area contributed by atoms with Crippen molar-refractivity contribution in [1.29, 1.82) is 0 Å². The van der Waals surface area contributed by atoms with Gasteiger partial charge < -0.3 is 5.32 Å². The first-order valence-electron chi connectivity index (χ1n) is 9.76. The quantitative estimate of drug-likeness (QED) is 0.721. The maximum atomic E-state index is 13.3. The second-order valence-electron chi connectivity index (χ2n) is 9.33. The number of benzene rings is 2. The van der Waals surface area contributed by atoms with Crippen molar-refractivity contribution in [2.45, 2.75) is 58.4 Å². The fraction of sp³-hybridized carbons (Fsp3) is 0.435. The van der Waals surface area contributed by atoms with Crippen LogP contribution < -0.4 is 9.62 Å². The zero-order chi connectivity index (χ0) is 21.9. The summed E-state index contributed by atoms with van der Waals surface area (Å²) in [6, 6.07) is 15.4. The van der Waals surface area contributed by atoms with E-state index in [0.717, 1.165) is 12.0 Å². The average molecular weight is 417 g/mol. The van der Waals surface area contributed by atoms with Gasteiger partial charge >= 0.3 is 0 Å². The molecule has 2 rings (SSSR count). The van der Waals surface area contributed by atoms with Crippen LogP contribution in [0.25, 0.3) is 0 Å². The maximum absolute atomic E-state index is 13.3. The summed E-state index contributed by atoms with van der Waals surface area (Å²) in [4.78, 5) is 13.0. The second-order valence-corrected chi connectivity index (χ2v) is 11.2. The highest BCUT2D eigenvalue weighted by Gasteiger charge is 2.31. The van der Waals surface area contributed by atoms with Gasteiger partial charge in [-0.2, -0.15) is 0 Å². The molecule has 0 atom stereocenters. The van der Waals surface area contributed by atoms with E-state index in [1.54, 1.807) is 48.5 Å². The first kappa shape index (κ1) is 22.9. The minimum absolute atomic E-state index is 0.0309. The summed E-state index contributed by atoms with van der Waals surface area (Å²) in [5.41, 5.74) is 0.967. The van der Waals surface area contributed by atoms with Gasteiger partial charge in [0.2, 0.25) is 5.91 Å². The first-order valence-corrected chi connectivity index (χ1v) is 11.2. The van der Waals surface area contributed by atoms with Crippen LogP contribution in [0.4, 0.5) is 5.69 Å². The van der Waals surface area contributed by atoms with E-state index in [2.05, 4.69) is 26.1 Å². The molecule has 0 aliphatic rings. The third-order valence-corrected chi connectivity index (χ3v) is 6.15. The van der Waals surface area contributed by atoms with Gasteiger partial charge in [-0.25, -0.2) is 8.42 Å². The highest BCUT2D eigenvalue weighted by atomic mass is 32.2. The van der Waals surface area contributed by atoms with Crippen LogP contribution in [0.15, 0.2) is 59.5 Å². The summed E-state index contributed by atoms with van der Waals surface area (Å²) in [5.74, 6) is -0.333.